The van der Waals surface area contributed by atoms with E-state index in [4.69, 9.17) is 11.6 Å². The molecule has 1 saturated carbocycles. The van der Waals surface area contributed by atoms with Crippen LogP contribution in [0.2, 0.25) is 5.02 Å². The zero-order valence-corrected chi connectivity index (χ0v) is 18.6. The van der Waals surface area contributed by atoms with Crippen LogP contribution in [0.1, 0.15) is 65.4 Å². The zero-order valence-electron chi connectivity index (χ0n) is 17.0. The van der Waals surface area contributed by atoms with Crippen LogP contribution >= 0.6 is 23.4 Å². The highest BCUT2D eigenvalue weighted by Crippen LogP contribution is 2.39. The Bertz CT molecular complexity index is 877. The van der Waals surface area contributed by atoms with E-state index in [2.05, 4.69) is 5.32 Å². The van der Waals surface area contributed by atoms with E-state index in [1.54, 1.807) is 11.8 Å². The summed E-state index contributed by atoms with van der Waals surface area (Å²) in [7, 11) is 0. The van der Waals surface area contributed by atoms with Gasteiger partial charge in [-0.25, -0.2) is 0 Å². The number of amides is 2. The van der Waals surface area contributed by atoms with Gasteiger partial charge < -0.3 is 10.2 Å². The molecule has 4 rings (SSSR count). The zero-order chi connectivity index (χ0) is 20.9. The van der Waals surface area contributed by atoms with E-state index in [1.165, 1.54) is 25.7 Å². The molecule has 1 aliphatic carbocycles. The van der Waals surface area contributed by atoms with Crippen LogP contribution in [0.3, 0.4) is 0 Å². The highest BCUT2D eigenvalue weighted by Gasteiger charge is 2.32. The van der Waals surface area contributed by atoms with Gasteiger partial charge >= 0.3 is 0 Å². The van der Waals surface area contributed by atoms with Gasteiger partial charge in [0.15, 0.2) is 0 Å². The second-order valence-electron chi connectivity index (χ2n) is 8.10. The molecular weight excluding hydrogens is 416 g/mol. The van der Waals surface area contributed by atoms with Gasteiger partial charge in [-0.2, -0.15) is 0 Å². The smallest absolute Gasteiger partial charge is 0.251 e. The molecule has 0 spiro atoms. The lowest BCUT2D eigenvalue weighted by Gasteiger charge is -2.24. The molecule has 1 heterocycles. The summed E-state index contributed by atoms with van der Waals surface area (Å²) in [5.74, 6) is 0.610. The Labute approximate surface area is 187 Å². The third-order valence-corrected chi connectivity index (χ3v) is 7.39. The van der Waals surface area contributed by atoms with Crippen molar-refractivity contribution in [2.24, 2.45) is 0 Å². The van der Waals surface area contributed by atoms with Gasteiger partial charge in [0.05, 0.1) is 5.75 Å². The van der Waals surface area contributed by atoms with E-state index in [1.807, 2.05) is 53.4 Å². The topological polar surface area (TPSA) is 49.4 Å². The van der Waals surface area contributed by atoms with Crippen LogP contribution in [-0.4, -0.2) is 28.5 Å². The monoisotopic (exact) mass is 442 g/mol. The average molecular weight is 443 g/mol. The van der Waals surface area contributed by atoms with E-state index in [9.17, 15) is 9.59 Å². The molecule has 1 atom stereocenters. The molecule has 0 unspecified atom stereocenters. The molecule has 2 fully saturated rings. The summed E-state index contributed by atoms with van der Waals surface area (Å²) in [6.07, 6.45) is 7.08. The molecule has 0 radical (unpaired) electrons. The van der Waals surface area contributed by atoms with Crippen LogP contribution in [0.15, 0.2) is 48.5 Å². The van der Waals surface area contributed by atoms with Crippen molar-refractivity contribution in [3.63, 3.8) is 0 Å². The van der Waals surface area contributed by atoms with Gasteiger partial charge in [-0.15, -0.1) is 11.8 Å². The molecule has 1 saturated heterocycles. The lowest BCUT2D eigenvalue weighted by atomic mass is 10.1. The quantitative estimate of drug-likeness (QED) is 0.616. The predicted octanol–water partition coefficient (Wildman–Crippen LogP) is 5.57. The van der Waals surface area contributed by atoms with Crippen LogP contribution in [0, 0.1) is 0 Å². The number of thioether (sulfide) groups is 1. The highest BCUT2D eigenvalue weighted by molar-refractivity contribution is 8.00. The molecule has 4 nitrogen and oxygen atoms in total. The molecule has 6 heteroatoms. The summed E-state index contributed by atoms with van der Waals surface area (Å²) in [6.45, 7) is 0.553. The summed E-state index contributed by atoms with van der Waals surface area (Å²) < 4.78 is 0. The number of nitrogens with zero attached hydrogens (tertiary/aromatic N) is 1. The van der Waals surface area contributed by atoms with E-state index in [-0.39, 0.29) is 23.2 Å². The third-order valence-electron chi connectivity index (χ3n) is 5.88. The van der Waals surface area contributed by atoms with Crippen molar-refractivity contribution in [1.29, 1.82) is 0 Å². The van der Waals surface area contributed by atoms with Gasteiger partial charge in [-0.05, 0) is 48.2 Å². The molecule has 30 heavy (non-hydrogen) atoms. The van der Waals surface area contributed by atoms with E-state index >= 15 is 0 Å². The number of hydrogen-bond donors (Lipinski definition) is 1. The van der Waals surface area contributed by atoms with Crippen molar-refractivity contribution in [2.75, 3.05) is 5.75 Å². The number of rotatable bonds is 5. The number of hydrogen-bond acceptors (Lipinski definition) is 3. The lowest BCUT2D eigenvalue weighted by Crippen LogP contribution is -2.34. The van der Waals surface area contributed by atoms with E-state index in [0.29, 0.717) is 22.9 Å². The van der Waals surface area contributed by atoms with Gasteiger partial charge in [0.2, 0.25) is 5.91 Å². The summed E-state index contributed by atoms with van der Waals surface area (Å²) >= 11 is 7.60. The van der Waals surface area contributed by atoms with Gasteiger partial charge in [-0.1, -0.05) is 61.5 Å². The Morgan fingerprint density at radius 3 is 2.33 bits per heavy atom. The molecule has 2 aromatic carbocycles. The maximum atomic E-state index is 12.7. The second kappa shape index (κ2) is 9.88. The van der Waals surface area contributed by atoms with Crippen molar-refractivity contribution in [3.8, 4) is 0 Å². The Hall–Kier alpha value is -1.98. The second-order valence-corrected chi connectivity index (χ2v) is 9.60. The van der Waals surface area contributed by atoms with Crippen LogP contribution in [0.5, 0.6) is 0 Å². The summed E-state index contributed by atoms with van der Waals surface area (Å²) in [6, 6.07) is 15.6. The standard InChI is InChI=1S/C24H27ClN2O2S/c25-20-13-7-17(8-14-20)15-27-22(28)16-30-24(27)19-11-9-18(10-12-19)23(29)26-21-5-3-1-2-4-6-21/h7-14,21,24H,1-6,15-16H2,(H,26,29)/t24-/m1/s1. The normalized spacial score (nSPS) is 20.2. The SMILES string of the molecule is O=C(NC1CCCCCC1)c1ccc([C@H]2SCC(=O)N2Cc2ccc(Cl)cc2)cc1. The van der Waals surface area contributed by atoms with Crippen LogP contribution in [0.25, 0.3) is 0 Å². The van der Waals surface area contributed by atoms with Crippen molar-refractivity contribution >= 4 is 35.2 Å². The van der Waals surface area contributed by atoms with Gasteiger partial charge in [-0.3, -0.25) is 9.59 Å². The number of benzene rings is 2. The molecule has 2 aliphatic rings. The van der Waals surface area contributed by atoms with Gasteiger partial charge in [0, 0.05) is 23.2 Å². The van der Waals surface area contributed by atoms with Crippen molar-refractivity contribution in [2.45, 2.75) is 56.5 Å². The minimum Gasteiger partial charge on any atom is -0.349 e. The number of carbonyl (C=O) groups excluding carboxylic acids is 2. The predicted molar refractivity (Wildman–Crippen MR) is 123 cm³/mol. The van der Waals surface area contributed by atoms with Crippen molar-refractivity contribution < 1.29 is 9.59 Å². The molecule has 0 aromatic heterocycles. The maximum Gasteiger partial charge on any atom is 0.251 e. The van der Waals surface area contributed by atoms with Crippen molar-refractivity contribution in [3.05, 3.63) is 70.2 Å². The Morgan fingerprint density at radius 1 is 1.00 bits per heavy atom. The van der Waals surface area contributed by atoms with Gasteiger partial charge in [0.25, 0.3) is 5.91 Å². The molecule has 2 amide bonds. The molecule has 1 aliphatic heterocycles. The minimum atomic E-state index is -0.0350. The maximum absolute atomic E-state index is 12.7. The number of carbonyl (C=O) groups is 2. The largest absolute Gasteiger partial charge is 0.349 e. The average Bonchev–Trinajstić information content (AvgIpc) is 2.94. The molecule has 158 valence electrons. The summed E-state index contributed by atoms with van der Waals surface area (Å²) in [5.41, 5.74) is 2.78. The van der Waals surface area contributed by atoms with Crippen LogP contribution in [0.4, 0.5) is 0 Å². The Balaban J connectivity index is 1.42. The first-order valence-corrected chi connectivity index (χ1v) is 12.1. The fourth-order valence-electron chi connectivity index (χ4n) is 4.18. The molecule has 0 bridgehead atoms. The Morgan fingerprint density at radius 2 is 1.67 bits per heavy atom. The summed E-state index contributed by atoms with van der Waals surface area (Å²) in [5, 5.41) is 3.85. The number of halogens is 1. The fourth-order valence-corrected chi connectivity index (χ4v) is 5.49. The highest BCUT2D eigenvalue weighted by atomic mass is 35.5. The lowest BCUT2D eigenvalue weighted by molar-refractivity contribution is -0.128. The number of nitrogens with one attached hydrogen (secondary N) is 1. The molecule has 1 N–H and O–H groups in total. The van der Waals surface area contributed by atoms with Gasteiger partial charge in [0.1, 0.15) is 5.37 Å². The van der Waals surface area contributed by atoms with E-state index < -0.39 is 0 Å². The first-order valence-electron chi connectivity index (χ1n) is 10.7. The Kier molecular flexibility index (Phi) is 7.00. The third kappa shape index (κ3) is 5.19. The first kappa shape index (κ1) is 21.3. The fraction of sp³-hybridized carbons (Fsp3) is 0.417. The first-order chi connectivity index (χ1) is 14.6. The molecular formula is C24H27ClN2O2S. The molecule has 2 aromatic rings. The van der Waals surface area contributed by atoms with E-state index in [0.717, 1.165) is 24.0 Å². The van der Waals surface area contributed by atoms with Crippen LogP contribution in [-0.2, 0) is 11.3 Å². The van der Waals surface area contributed by atoms with Crippen molar-refractivity contribution in [1.82, 2.24) is 10.2 Å². The minimum absolute atomic E-state index is 0.00150. The summed E-state index contributed by atoms with van der Waals surface area (Å²) in [4.78, 5) is 27.0. The van der Waals surface area contributed by atoms with Crippen LogP contribution < -0.4 is 5.32 Å².